The Morgan fingerprint density at radius 1 is 0.921 bits per heavy atom. The predicted molar refractivity (Wildman–Crippen MR) is 285 cm³/mol. The number of rotatable bonds is 14. The van der Waals surface area contributed by atoms with E-state index in [0.29, 0.717) is 41.8 Å². The Bertz CT molecular complexity index is 3050. The van der Waals surface area contributed by atoms with Crippen molar-refractivity contribution < 1.29 is 42.2 Å². The molecule has 2 unspecified atom stereocenters. The number of nitrogens with zero attached hydrogens (tertiary/aromatic N) is 5. The van der Waals surface area contributed by atoms with Crippen LogP contribution >= 0.6 is 11.6 Å². The highest BCUT2D eigenvalue weighted by Crippen LogP contribution is 2.57. The van der Waals surface area contributed by atoms with Gasteiger partial charge in [-0.05, 0) is 124 Å². The number of benzene rings is 4. The molecule has 15 nitrogen and oxygen atoms in total. The highest BCUT2D eigenvalue weighted by Gasteiger charge is 2.52. The molecule has 0 radical (unpaired) electrons. The summed E-state index contributed by atoms with van der Waals surface area (Å²) in [6.07, 6.45) is 10.1. The number of ether oxygens (including phenoxy) is 3. The lowest BCUT2D eigenvalue weighted by molar-refractivity contribution is -0.141. The number of carbonyl (C=O) groups excluding carboxylic acids is 4. The molecule has 6 aliphatic rings. The second-order valence-corrected chi connectivity index (χ2v) is 22.5. The minimum Gasteiger partial charge on any atom is -0.488 e. The molecular formula is C58H67ClF2N8O7. The first-order valence-corrected chi connectivity index (χ1v) is 27.4. The second-order valence-electron chi connectivity index (χ2n) is 22.2. The van der Waals surface area contributed by atoms with Crippen molar-refractivity contribution in [1.29, 1.82) is 0 Å². The zero-order valence-electron chi connectivity index (χ0n) is 43.5. The quantitative estimate of drug-likeness (QED) is 0.0912. The van der Waals surface area contributed by atoms with Gasteiger partial charge in [0.25, 0.3) is 0 Å². The van der Waals surface area contributed by atoms with Gasteiger partial charge in [0, 0.05) is 98.8 Å². The number of methoxy groups -OCH3 is 1. The van der Waals surface area contributed by atoms with Crippen molar-refractivity contribution in [3.05, 3.63) is 106 Å². The summed E-state index contributed by atoms with van der Waals surface area (Å²) in [6, 6.07) is 20.3. The van der Waals surface area contributed by atoms with E-state index < -0.39 is 35.1 Å². The largest absolute Gasteiger partial charge is 0.488 e. The number of fused-ring (bicyclic) bond motifs is 2. The van der Waals surface area contributed by atoms with E-state index in [0.717, 1.165) is 94.0 Å². The van der Waals surface area contributed by atoms with Crippen LogP contribution < -0.4 is 30.7 Å². The van der Waals surface area contributed by atoms with Crippen molar-refractivity contribution in [2.24, 2.45) is 24.1 Å². The smallest absolute Gasteiger partial charge is 0.329 e. The van der Waals surface area contributed by atoms with Gasteiger partial charge in [-0.25, -0.2) is 13.6 Å². The molecule has 4 aromatic carbocycles. The van der Waals surface area contributed by atoms with Crippen molar-refractivity contribution in [1.82, 2.24) is 30.2 Å². The maximum Gasteiger partial charge on any atom is 0.329 e. The second kappa shape index (κ2) is 21.0. The lowest BCUT2D eigenvalue weighted by Crippen LogP contribution is -2.57. The Morgan fingerprint density at radius 2 is 1.66 bits per heavy atom. The van der Waals surface area contributed by atoms with Crippen LogP contribution in [0.15, 0.2) is 66.7 Å². The lowest BCUT2D eigenvalue weighted by Gasteiger charge is -2.56. The van der Waals surface area contributed by atoms with Crippen LogP contribution in [0.5, 0.6) is 11.5 Å². The average molecular weight is 1060 g/mol. The Kier molecular flexibility index (Phi) is 14.4. The summed E-state index contributed by atoms with van der Waals surface area (Å²) in [5.41, 5.74) is 8.17. The zero-order valence-corrected chi connectivity index (χ0v) is 44.2. The van der Waals surface area contributed by atoms with Gasteiger partial charge in [0.05, 0.1) is 22.7 Å². The van der Waals surface area contributed by atoms with Gasteiger partial charge >= 0.3 is 6.03 Å². The van der Waals surface area contributed by atoms with Crippen LogP contribution in [0, 0.1) is 23.0 Å². The minimum absolute atomic E-state index is 0.0107. The molecule has 5 aromatic rings. The van der Waals surface area contributed by atoms with Gasteiger partial charge < -0.3 is 35.1 Å². The third kappa shape index (κ3) is 9.48. The van der Waals surface area contributed by atoms with Crippen LogP contribution in [0.2, 0.25) is 5.02 Å². The number of amides is 5. The van der Waals surface area contributed by atoms with Crippen LogP contribution in [-0.4, -0.2) is 115 Å². The monoisotopic (exact) mass is 1060 g/mol. The number of urea groups is 1. The van der Waals surface area contributed by atoms with Gasteiger partial charge in [-0.2, -0.15) is 5.10 Å². The molecule has 4 N–H and O–H groups in total. The number of hydrogen-bond donors (Lipinski definition) is 3. The van der Waals surface area contributed by atoms with E-state index in [9.17, 15) is 19.2 Å². The summed E-state index contributed by atoms with van der Waals surface area (Å²) in [5.74, 6) is -2.13. The summed E-state index contributed by atoms with van der Waals surface area (Å²) >= 11 is 6.78. The van der Waals surface area contributed by atoms with Crippen molar-refractivity contribution in [3.63, 3.8) is 0 Å². The van der Waals surface area contributed by atoms with Crippen LogP contribution in [0.4, 0.5) is 19.4 Å². The molecular weight excluding hydrogens is 994 g/mol. The van der Waals surface area contributed by atoms with E-state index in [1.165, 1.54) is 43.7 Å². The molecule has 5 amide bonds. The molecule has 3 saturated heterocycles. The number of nitrogens with one attached hydrogen (secondary N) is 2. The van der Waals surface area contributed by atoms with E-state index in [2.05, 4.69) is 43.7 Å². The van der Waals surface area contributed by atoms with E-state index >= 15 is 8.78 Å². The molecule has 402 valence electrons. The Hall–Kier alpha value is -6.14. The van der Waals surface area contributed by atoms with Gasteiger partial charge in [-0.15, -0.1) is 0 Å². The van der Waals surface area contributed by atoms with E-state index in [-0.39, 0.29) is 76.6 Å². The maximum absolute atomic E-state index is 16.6. The minimum atomic E-state index is -1.08. The molecule has 18 heteroatoms. The van der Waals surface area contributed by atoms with Gasteiger partial charge in [0.1, 0.15) is 18.2 Å². The maximum atomic E-state index is 16.6. The highest BCUT2D eigenvalue weighted by atomic mass is 35.5. The first-order valence-electron chi connectivity index (χ1n) is 27.0. The molecule has 0 bridgehead atoms. The summed E-state index contributed by atoms with van der Waals surface area (Å²) in [4.78, 5) is 57.7. The van der Waals surface area contributed by atoms with Gasteiger partial charge in [-0.3, -0.25) is 29.3 Å². The SMILES string of the molecule is COCCOc1ccc(C(N)=O)c(-c2c(Cl)c(F)cc3c2C(C)C(CNC2CCC(C(=O)N4CCC5(CC4)CC(N4CCC(c6ccc7c(N8CCC(=O)NC8=O)nn(C)c7c6)CC4)C5)CC2)(c2ccccc2)O3)c1F. The molecule has 5 heterocycles. The normalized spacial score (nSPS) is 24.1. The molecule has 11 rings (SSSR count). The number of halogens is 3. The number of likely N-dealkylation sites (tertiary alicyclic amines) is 2. The topological polar surface area (TPSA) is 174 Å². The van der Waals surface area contributed by atoms with Gasteiger partial charge in [-0.1, -0.05) is 54.9 Å². The number of aromatic nitrogens is 2. The Balaban J connectivity index is 0.682. The van der Waals surface area contributed by atoms with Crippen molar-refractivity contribution in [3.8, 4) is 22.6 Å². The molecule has 2 atom stereocenters. The number of imide groups is 1. The van der Waals surface area contributed by atoms with Crippen LogP contribution in [0.3, 0.4) is 0 Å². The molecule has 2 aliphatic carbocycles. The summed E-state index contributed by atoms with van der Waals surface area (Å²) in [5, 5.41) is 11.4. The van der Waals surface area contributed by atoms with Crippen molar-refractivity contribution in [2.75, 3.05) is 64.5 Å². The number of anilines is 1. The number of hydrogen-bond acceptors (Lipinski definition) is 10. The molecule has 4 aliphatic heterocycles. The predicted octanol–water partition coefficient (Wildman–Crippen LogP) is 8.93. The van der Waals surface area contributed by atoms with Crippen LogP contribution in [-0.2, 0) is 27.0 Å². The van der Waals surface area contributed by atoms with E-state index in [1.54, 1.807) is 4.90 Å². The Labute approximate surface area is 446 Å². The molecule has 76 heavy (non-hydrogen) atoms. The molecule has 2 saturated carbocycles. The van der Waals surface area contributed by atoms with Crippen molar-refractivity contribution >= 4 is 52.1 Å². The average Bonchev–Trinajstić information content (AvgIpc) is 3.91. The van der Waals surface area contributed by atoms with E-state index in [4.69, 9.17) is 31.5 Å². The third-order valence-electron chi connectivity index (χ3n) is 18.0. The van der Waals surface area contributed by atoms with Crippen LogP contribution in [0.25, 0.3) is 22.0 Å². The van der Waals surface area contributed by atoms with Gasteiger partial charge in [0.15, 0.2) is 23.0 Å². The fraction of sp³-hybridized carbons (Fsp3) is 0.500. The third-order valence-corrected chi connectivity index (χ3v) is 18.3. The Morgan fingerprint density at radius 3 is 2.36 bits per heavy atom. The highest BCUT2D eigenvalue weighted by molar-refractivity contribution is 6.34. The van der Waals surface area contributed by atoms with Crippen molar-refractivity contribution in [2.45, 2.75) is 107 Å². The molecule has 1 spiro atoms. The number of primary amides is 1. The molecule has 1 aromatic heterocycles. The summed E-state index contributed by atoms with van der Waals surface area (Å²) in [6.45, 7) is 6.55. The first-order chi connectivity index (χ1) is 36.7. The standard InChI is InChI=1S/C58H67ClF2N8O7/c1-34-48-46(30-43(60)51(59)50(48)49-42(53(62)71)15-16-45(52(49)61)75-28-27-74-3)76-58(34,38-7-5-4-6-8-38)33-63-39-12-9-36(10-13-39)55(72)68-25-20-57(21-26-68)31-40(32-57)67-22-17-35(18-23-67)37-11-14-41-44(29-37)66(2)65-54(41)69-24-19-47(70)64-56(69)73/h4-8,11,14-16,29-30,34-36,39-40,63H,9-10,12-13,17-28,31-33H2,1-3H3,(H2,62,71)(H,64,70,73). The fourth-order valence-corrected chi connectivity index (χ4v) is 13.8. The summed E-state index contributed by atoms with van der Waals surface area (Å²) < 4.78 is 52.0. The number of nitrogens with two attached hydrogens (primary N) is 1. The fourth-order valence-electron chi connectivity index (χ4n) is 13.5. The van der Waals surface area contributed by atoms with E-state index in [1.807, 2.05) is 49.0 Å². The van der Waals surface area contributed by atoms with Gasteiger partial charge in [0.2, 0.25) is 17.7 Å². The number of aryl methyl sites for hydroxylation is 1. The number of carbonyl (C=O) groups is 4. The summed E-state index contributed by atoms with van der Waals surface area (Å²) in [7, 11) is 3.40. The number of piperidine rings is 2. The van der Waals surface area contributed by atoms with Crippen LogP contribution in [0.1, 0.15) is 116 Å². The lowest BCUT2D eigenvalue weighted by atomic mass is 9.59. The molecule has 5 fully saturated rings. The first kappa shape index (κ1) is 51.9. The zero-order chi connectivity index (χ0) is 53.0.